The topological polar surface area (TPSA) is 29.5 Å². The third-order valence-electron chi connectivity index (χ3n) is 4.26. The fourth-order valence-electron chi connectivity index (χ4n) is 3.30. The van der Waals surface area contributed by atoms with Crippen molar-refractivity contribution >= 4 is 5.91 Å². The number of rotatable bonds is 4. The molecular formula is C17H21NO2. The minimum Gasteiger partial charge on any atom is -0.488 e. The molecule has 2 fully saturated rings. The summed E-state index contributed by atoms with van der Waals surface area (Å²) in [5, 5.41) is 0. The molecule has 2 bridgehead atoms. The molecule has 1 saturated heterocycles. The van der Waals surface area contributed by atoms with Crippen LogP contribution in [0, 0.1) is 5.92 Å². The molecule has 1 saturated carbocycles. The summed E-state index contributed by atoms with van der Waals surface area (Å²) in [4.78, 5) is 14.8. The zero-order valence-electron chi connectivity index (χ0n) is 12.0. The number of piperidine rings is 1. The molecule has 3 heteroatoms. The summed E-state index contributed by atoms with van der Waals surface area (Å²) in [5.41, 5.74) is 1.63. The molecule has 2 atom stereocenters. The van der Waals surface area contributed by atoms with Gasteiger partial charge in [0.15, 0.2) is 0 Å². The molecule has 3 rings (SSSR count). The highest BCUT2D eigenvalue weighted by molar-refractivity contribution is 5.97. The van der Waals surface area contributed by atoms with Gasteiger partial charge in [-0.2, -0.15) is 0 Å². The van der Waals surface area contributed by atoms with Crippen molar-refractivity contribution in [2.24, 2.45) is 5.92 Å². The molecule has 1 heterocycles. The summed E-state index contributed by atoms with van der Waals surface area (Å²) in [6, 6.07) is 7.98. The first-order valence-electron chi connectivity index (χ1n) is 7.32. The lowest BCUT2D eigenvalue weighted by Gasteiger charge is -2.27. The molecule has 0 spiro atoms. The third-order valence-corrected chi connectivity index (χ3v) is 4.26. The van der Waals surface area contributed by atoms with Crippen LogP contribution in [0.15, 0.2) is 36.4 Å². The summed E-state index contributed by atoms with van der Waals surface area (Å²) >= 11 is 0. The van der Waals surface area contributed by atoms with Crippen LogP contribution < -0.4 is 4.74 Å². The van der Waals surface area contributed by atoms with Gasteiger partial charge < -0.3 is 9.64 Å². The lowest BCUT2D eigenvalue weighted by Crippen LogP contribution is -2.37. The molecule has 0 aromatic heterocycles. The Kier molecular flexibility index (Phi) is 3.51. The zero-order valence-corrected chi connectivity index (χ0v) is 12.0. The molecule has 3 nitrogen and oxygen atoms in total. The van der Waals surface area contributed by atoms with Gasteiger partial charge in [-0.1, -0.05) is 18.7 Å². The van der Waals surface area contributed by atoms with Crippen molar-refractivity contribution in [2.75, 3.05) is 13.2 Å². The predicted octanol–water partition coefficient (Wildman–Crippen LogP) is 3.27. The molecule has 0 radical (unpaired) electrons. The van der Waals surface area contributed by atoms with E-state index in [2.05, 4.69) is 6.58 Å². The van der Waals surface area contributed by atoms with Crippen molar-refractivity contribution in [3.05, 3.63) is 42.0 Å². The maximum atomic E-state index is 12.7. The Balaban J connectivity index is 1.79. The fraction of sp³-hybridized carbons (Fsp3) is 0.471. The van der Waals surface area contributed by atoms with E-state index >= 15 is 0 Å². The predicted molar refractivity (Wildman–Crippen MR) is 78.9 cm³/mol. The van der Waals surface area contributed by atoms with Crippen LogP contribution in [0.25, 0.3) is 0 Å². The first-order valence-corrected chi connectivity index (χ1v) is 7.32. The highest BCUT2D eigenvalue weighted by Crippen LogP contribution is 2.38. The van der Waals surface area contributed by atoms with E-state index in [1.54, 1.807) is 0 Å². The van der Waals surface area contributed by atoms with Crippen molar-refractivity contribution in [1.29, 1.82) is 0 Å². The number of fused-ring (bicyclic) bond motifs is 2. The highest BCUT2D eigenvalue weighted by atomic mass is 16.5. The Morgan fingerprint density at radius 3 is 2.85 bits per heavy atom. The maximum absolute atomic E-state index is 12.7. The number of carbonyl (C=O) groups excluding carboxylic acids is 1. The average molecular weight is 271 g/mol. The third kappa shape index (κ3) is 2.45. The van der Waals surface area contributed by atoms with E-state index in [9.17, 15) is 4.79 Å². The Labute approximate surface area is 120 Å². The normalized spacial score (nSPS) is 23.9. The number of carbonyl (C=O) groups is 1. The van der Waals surface area contributed by atoms with Gasteiger partial charge in [0.05, 0.1) is 5.56 Å². The molecule has 106 valence electrons. The molecule has 0 N–H and O–H groups in total. The Bertz CT molecular complexity index is 538. The van der Waals surface area contributed by atoms with Crippen LogP contribution >= 0.6 is 0 Å². The van der Waals surface area contributed by atoms with E-state index < -0.39 is 0 Å². The van der Waals surface area contributed by atoms with Crippen molar-refractivity contribution in [3.8, 4) is 5.75 Å². The molecular weight excluding hydrogens is 250 g/mol. The van der Waals surface area contributed by atoms with Crippen LogP contribution in [0.3, 0.4) is 0 Å². The summed E-state index contributed by atoms with van der Waals surface area (Å²) in [7, 11) is 0. The minimum atomic E-state index is 0.120. The number of hydrogen-bond donors (Lipinski definition) is 0. The second-order valence-electron chi connectivity index (χ2n) is 6.03. The Morgan fingerprint density at radius 2 is 2.20 bits per heavy atom. The minimum absolute atomic E-state index is 0.120. The second kappa shape index (κ2) is 5.31. The number of nitrogens with zero attached hydrogens (tertiary/aromatic N) is 1. The van der Waals surface area contributed by atoms with Gasteiger partial charge >= 0.3 is 0 Å². The number of likely N-dealkylation sites (tertiary alicyclic amines) is 1. The SMILES string of the molecule is C=C(C)COc1ccccc1C(=O)N1C[C@@H]2CC[C@H]1C2. The molecule has 1 amide bonds. The Morgan fingerprint density at radius 1 is 1.40 bits per heavy atom. The molecule has 1 aliphatic carbocycles. The van der Waals surface area contributed by atoms with Gasteiger partial charge in [-0.25, -0.2) is 0 Å². The average Bonchev–Trinajstić information content (AvgIpc) is 3.07. The first kappa shape index (κ1) is 13.2. The first-order chi connectivity index (χ1) is 9.65. The summed E-state index contributed by atoms with van der Waals surface area (Å²) in [6.45, 7) is 7.12. The monoisotopic (exact) mass is 271 g/mol. The van der Waals surface area contributed by atoms with Gasteiger partial charge in [-0.3, -0.25) is 4.79 Å². The number of hydrogen-bond acceptors (Lipinski definition) is 2. The summed E-state index contributed by atoms with van der Waals surface area (Å²) in [5.74, 6) is 1.50. The van der Waals surface area contributed by atoms with E-state index in [1.807, 2.05) is 36.1 Å². The van der Waals surface area contributed by atoms with Crippen LogP contribution in [0.2, 0.25) is 0 Å². The number of amides is 1. The van der Waals surface area contributed by atoms with Crippen molar-refractivity contribution in [2.45, 2.75) is 32.2 Å². The lowest BCUT2D eigenvalue weighted by molar-refractivity contribution is 0.0699. The highest BCUT2D eigenvalue weighted by Gasteiger charge is 2.40. The van der Waals surface area contributed by atoms with E-state index in [4.69, 9.17) is 4.74 Å². The quantitative estimate of drug-likeness (QED) is 0.787. The molecule has 2 aliphatic rings. The van der Waals surface area contributed by atoms with E-state index in [1.165, 1.54) is 12.8 Å². The van der Waals surface area contributed by atoms with Crippen molar-refractivity contribution < 1.29 is 9.53 Å². The molecule has 1 aliphatic heterocycles. The number of benzene rings is 1. The van der Waals surface area contributed by atoms with Crippen molar-refractivity contribution in [3.63, 3.8) is 0 Å². The summed E-state index contributed by atoms with van der Waals surface area (Å²) in [6.07, 6.45) is 3.62. The number of para-hydroxylation sites is 1. The molecule has 1 aromatic carbocycles. The molecule has 1 aromatic rings. The maximum Gasteiger partial charge on any atom is 0.257 e. The summed E-state index contributed by atoms with van der Waals surface area (Å²) < 4.78 is 5.71. The van der Waals surface area contributed by atoms with Crippen molar-refractivity contribution in [1.82, 2.24) is 4.90 Å². The smallest absolute Gasteiger partial charge is 0.257 e. The van der Waals surface area contributed by atoms with Crippen LogP contribution in [0.4, 0.5) is 0 Å². The second-order valence-corrected chi connectivity index (χ2v) is 6.03. The fourth-order valence-corrected chi connectivity index (χ4v) is 3.30. The zero-order chi connectivity index (χ0) is 14.1. The Hall–Kier alpha value is -1.77. The standard InChI is InChI=1S/C17H21NO2/c1-12(2)11-20-16-6-4-3-5-15(16)17(19)18-10-13-7-8-14(18)9-13/h3-6,13-14H,1,7-11H2,2H3/t13-,14+/m1/s1. The van der Waals surface area contributed by atoms with Crippen LogP contribution in [-0.2, 0) is 0 Å². The van der Waals surface area contributed by atoms with Gasteiger partial charge in [-0.05, 0) is 49.8 Å². The van der Waals surface area contributed by atoms with Gasteiger partial charge in [0.2, 0.25) is 0 Å². The van der Waals surface area contributed by atoms with Gasteiger partial charge in [0, 0.05) is 12.6 Å². The van der Waals surface area contributed by atoms with Crippen LogP contribution in [0.5, 0.6) is 5.75 Å². The van der Waals surface area contributed by atoms with Gasteiger partial charge in [-0.15, -0.1) is 0 Å². The van der Waals surface area contributed by atoms with Crippen LogP contribution in [-0.4, -0.2) is 30.0 Å². The molecule has 20 heavy (non-hydrogen) atoms. The van der Waals surface area contributed by atoms with Crippen LogP contribution in [0.1, 0.15) is 36.5 Å². The van der Waals surface area contributed by atoms with E-state index in [0.29, 0.717) is 29.9 Å². The molecule has 0 unspecified atom stereocenters. The van der Waals surface area contributed by atoms with E-state index in [0.717, 1.165) is 18.5 Å². The lowest BCUT2D eigenvalue weighted by atomic mass is 10.1. The largest absolute Gasteiger partial charge is 0.488 e. The number of ether oxygens (including phenoxy) is 1. The van der Waals surface area contributed by atoms with Gasteiger partial charge in [0.1, 0.15) is 12.4 Å². The van der Waals surface area contributed by atoms with Gasteiger partial charge in [0.25, 0.3) is 5.91 Å². The van der Waals surface area contributed by atoms with E-state index in [-0.39, 0.29) is 5.91 Å².